The van der Waals surface area contributed by atoms with E-state index in [0.717, 1.165) is 11.6 Å². The van der Waals surface area contributed by atoms with Crippen LogP contribution in [-0.2, 0) is 10.0 Å². The van der Waals surface area contributed by atoms with E-state index < -0.39 is 16.0 Å². The number of nitrogens with zero attached hydrogens (tertiary/aromatic N) is 1. The second-order valence-electron chi connectivity index (χ2n) is 5.45. The molecule has 0 fully saturated rings. The largest absolute Gasteiger partial charge is 0.478 e. The molecule has 5 nitrogen and oxygen atoms in total. The molecule has 0 bridgehead atoms. The number of benzene rings is 2. The van der Waals surface area contributed by atoms with E-state index in [0.29, 0.717) is 12.2 Å². The first-order valence-corrected chi connectivity index (χ1v) is 8.78. The second-order valence-corrected chi connectivity index (χ2v) is 7.68. The maximum atomic E-state index is 13.0. The fourth-order valence-corrected chi connectivity index (χ4v) is 4.84. The highest BCUT2D eigenvalue weighted by atomic mass is 35.5. The lowest BCUT2D eigenvalue weighted by molar-refractivity contribution is 0.0696. The Hall–Kier alpha value is -2.05. The lowest BCUT2D eigenvalue weighted by atomic mass is 10.0. The van der Waals surface area contributed by atoms with E-state index >= 15 is 0 Å². The molecule has 1 heterocycles. The van der Waals surface area contributed by atoms with E-state index in [2.05, 4.69) is 0 Å². The summed E-state index contributed by atoms with van der Waals surface area (Å²) in [6, 6.07) is 11.0. The highest BCUT2D eigenvalue weighted by molar-refractivity contribution is 7.93. The summed E-state index contributed by atoms with van der Waals surface area (Å²) in [6.45, 7) is 2.25. The smallest absolute Gasteiger partial charge is 0.335 e. The van der Waals surface area contributed by atoms with E-state index in [4.69, 9.17) is 16.7 Å². The van der Waals surface area contributed by atoms with Gasteiger partial charge in [-0.2, -0.15) is 0 Å². The molecule has 7 heteroatoms. The summed E-state index contributed by atoms with van der Waals surface area (Å²) in [5, 5.41) is 9.09. The van der Waals surface area contributed by atoms with Gasteiger partial charge < -0.3 is 5.11 Å². The molecule has 2 aromatic rings. The number of carboxylic acid groups (broad SMARTS) is 1. The Labute approximate surface area is 139 Å². The molecule has 23 heavy (non-hydrogen) atoms. The van der Waals surface area contributed by atoms with Crippen LogP contribution < -0.4 is 4.31 Å². The molecule has 0 aliphatic carbocycles. The van der Waals surface area contributed by atoms with Gasteiger partial charge in [0.15, 0.2) is 0 Å². The van der Waals surface area contributed by atoms with Gasteiger partial charge in [-0.05, 0) is 29.8 Å². The van der Waals surface area contributed by atoms with E-state index in [-0.39, 0.29) is 21.4 Å². The number of hydrogen-bond donors (Lipinski definition) is 1. The zero-order valence-corrected chi connectivity index (χ0v) is 13.8. The van der Waals surface area contributed by atoms with Crippen LogP contribution >= 0.6 is 11.6 Å². The highest BCUT2D eigenvalue weighted by Gasteiger charge is 2.35. The summed E-state index contributed by atoms with van der Waals surface area (Å²) in [5.41, 5.74) is 1.44. The Morgan fingerprint density at radius 1 is 1.26 bits per heavy atom. The fraction of sp³-hybridized carbons (Fsp3) is 0.188. The molecular weight excluding hydrogens is 338 g/mol. The Morgan fingerprint density at radius 2 is 1.96 bits per heavy atom. The molecule has 120 valence electrons. The van der Waals surface area contributed by atoms with Crippen molar-refractivity contribution in [2.45, 2.75) is 17.7 Å². The van der Waals surface area contributed by atoms with Crippen molar-refractivity contribution in [1.82, 2.24) is 0 Å². The first kappa shape index (κ1) is 15.8. The predicted octanol–water partition coefficient (Wildman–Crippen LogP) is 3.35. The first-order chi connectivity index (χ1) is 10.8. The summed E-state index contributed by atoms with van der Waals surface area (Å²) < 4.78 is 27.3. The minimum Gasteiger partial charge on any atom is -0.478 e. The molecule has 0 aromatic heterocycles. The minimum absolute atomic E-state index is 0.00651. The van der Waals surface area contributed by atoms with E-state index in [1.807, 2.05) is 19.1 Å². The van der Waals surface area contributed by atoms with Crippen LogP contribution in [0, 0.1) is 0 Å². The molecule has 1 atom stereocenters. The van der Waals surface area contributed by atoms with Crippen LogP contribution in [0.4, 0.5) is 5.69 Å². The Balaban J connectivity index is 2.14. The molecule has 1 aliphatic heterocycles. The highest BCUT2D eigenvalue weighted by Crippen LogP contribution is 2.40. The van der Waals surface area contributed by atoms with Crippen LogP contribution in [0.15, 0.2) is 47.4 Å². The Kier molecular flexibility index (Phi) is 3.82. The van der Waals surface area contributed by atoms with Crippen molar-refractivity contribution < 1.29 is 18.3 Å². The molecule has 0 spiro atoms. The SMILES string of the molecule is CC1CN(S(=O)(=O)c2cc(C(=O)O)ccc2Cl)c2ccccc21. The molecule has 0 amide bonds. The zero-order chi connectivity index (χ0) is 16.8. The lowest BCUT2D eigenvalue weighted by Crippen LogP contribution is -2.30. The number of anilines is 1. The van der Waals surface area contributed by atoms with Gasteiger partial charge in [-0.15, -0.1) is 0 Å². The Morgan fingerprint density at radius 3 is 2.65 bits per heavy atom. The number of carboxylic acids is 1. The van der Waals surface area contributed by atoms with Gasteiger partial charge in [-0.1, -0.05) is 36.7 Å². The van der Waals surface area contributed by atoms with Gasteiger partial charge in [0.2, 0.25) is 0 Å². The second kappa shape index (κ2) is 5.54. The summed E-state index contributed by atoms with van der Waals surface area (Å²) >= 11 is 6.03. The lowest BCUT2D eigenvalue weighted by Gasteiger charge is -2.20. The average molecular weight is 352 g/mol. The number of halogens is 1. The number of fused-ring (bicyclic) bond motifs is 1. The van der Waals surface area contributed by atoms with Gasteiger partial charge >= 0.3 is 5.97 Å². The minimum atomic E-state index is -3.93. The van der Waals surface area contributed by atoms with Crippen LogP contribution in [0.3, 0.4) is 0 Å². The molecule has 1 aliphatic rings. The predicted molar refractivity (Wildman–Crippen MR) is 87.8 cm³/mol. The van der Waals surface area contributed by atoms with Gasteiger partial charge in [0.05, 0.1) is 16.3 Å². The van der Waals surface area contributed by atoms with Gasteiger partial charge in [0.1, 0.15) is 4.90 Å². The zero-order valence-electron chi connectivity index (χ0n) is 12.2. The average Bonchev–Trinajstić information content (AvgIpc) is 2.86. The fourth-order valence-electron chi connectivity index (χ4n) is 2.76. The topological polar surface area (TPSA) is 74.7 Å². The van der Waals surface area contributed by atoms with Crippen molar-refractivity contribution in [1.29, 1.82) is 0 Å². The number of para-hydroxylation sites is 1. The molecular formula is C16H14ClNO4S. The van der Waals surface area contributed by atoms with E-state index in [1.54, 1.807) is 12.1 Å². The summed E-state index contributed by atoms with van der Waals surface area (Å²) in [7, 11) is -3.93. The van der Waals surface area contributed by atoms with Crippen molar-refractivity contribution in [3.8, 4) is 0 Å². The maximum absolute atomic E-state index is 13.0. The number of carbonyl (C=O) groups is 1. The molecule has 0 saturated heterocycles. The van der Waals surface area contributed by atoms with Crippen molar-refractivity contribution in [3.05, 3.63) is 58.6 Å². The molecule has 1 N–H and O–H groups in total. The van der Waals surface area contributed by atoms with Crippen LogP contribution in [-0.4, -0.2) is 26.0 Å². The van der Waals surface area contributed by atoms with Gasteiger partial charge in [-0.25, -0.2) is 13.2 Å². The normalized spacial score (nSPS) is 17.1. The summed E-state index contributed by atoms with van der Waals surface area (Å²) in [6.07, 6.45) is 0. The van der Waals surface area contributed by atoms with Gasteiger partial charge in [0.25, 0.3) is 10.0 Å². The van der Waals surface area contributed by atoms with Gasteiger partial charge in [0, 0.05) is 12.5 Å². The summed E-state index contributed by atoms with van der Waals surface area (Å²) in [5.74, 6) is -1.14. The van der Waals surface area contributed by atoms with Gasteiger partial charge in [-0.3, -0.25) is 4.31 Å². The molecule has 0 radical (unpaired) electrons. The van der Waals surface area contributed by atoms with Crippen LogP contribution in [0.2, 0.25) is 5.02 Å². The number of sulfonamides is 1. The molecule has 3 rings (SSSR count). The molecule has 0 saturated carbocycles. The number of hydrogen-bond acceptors (Lipinski definition) is 3. The number of aromatic carboxylic acids is 1. The monoisotopic (exact) mass is 351 g/mol. The third-order valence-corrected chi connectivity index (χ3v) is 6.18. The third kappa shape index (κ3) is 2.58. The van der Waals surface area contributed by atoms with E-state index in [9.17, 15) is 13.2 Å². The standard InChI is InChI=1S/C16H14ClNO4S/c1-10-9-18(14-5-3-2-4-12(10)14)23(21,22)15-8-11(16(19)20)6-7-13(15)17/h2-8,10H,9H2,1H3,(H,19,20). The van der Waals surface area contributed by atoms with Crippen LogP contribution in [0.5, 0.6) is 0 Å². The molecule has 2 aromatic carbocycles. The van der Waals surface area contributed by atoms with E-state index in [1.165, 1.54) is 16.4 Å². The third-order valence-electron chi connectivity index (χ3n) is 3.92. The quantitative estimate of drug-likeness (QED) is 0.920. The van der Waals surface area contributed by atoms with Crippen molar-refractivity contribution in [2.75, 3.05) is 10.8 Å². The van der Waals surface area contributed by atoms with Crippen molar-refractivity contribution in [2.24, 2.45) is 0 Å². The number of rotatable bonds is 3. The van der Waals surface area contributed by atoms with Crippen molar-refractivity contribution in [3.63, 3.8) is 0 Å². The Bertz CT molecular complexity index is 895. The molecule has 1 unspecified atom stereocenters. The van der Waals surface area contributed by atoms with Crippen LogP contribution in [0.1, 0.15) is 28.8 Å². The van der Waals surface area contributed by atoms with Crippen molar-refractivity contribution >= 4 is 33.3 Å². The summed E-state index contributed by atoms with van der Waals surface area (Å²) in [4.78, 5) is 10.9. The van der Waals surface area contributed by atoms with Crippen LogP contribution in [0.25, 0.3) is 0 Å². The first-order valence-electron chi connectivity index (χ1n) is 6.97. The maximum Gasteiger partial charge on any atom is 0.335 e.